The van der Waals surface area contributed by atoms with E-state index in [4.69, 9.17) is 0 Å². The van der Waals surface area contributed by atoms with Crippen LogP contribution in [0.3, 0.4) is 0 Å². The molecule has 0 fully saturated rings. The molecule has 3 amide bonds. The van der Waals surface area contributed by atoms with Gasteiger partial charge in [-0.1, -0.05) is 28.1 Å². The normalized spacial score (nSPS) is 11.4. The second kappa shape index (κ2) is 11.7. The van der Waals surface area contributed by atoms with Gasteiger partial charge in [-0.3, -0.25) is 19.1 Å². The first-order valence-electron chi connectivity index (χ1n) is 12.4. The van der Waals surface area contributed by atoms with Gasteiger partial charge in [-0.05, 0) is 55.8 Å². The van der Waals surface area contributed by atoms with E-state index in [1.807, 2.05) is 0 Å². The second-order valence-electron chi connectivity index (χ2n) is 9.40. The zero-order valence-corrected chi connectivity index (χ0v) is 24.1. The van der Waals surface area contributed by atoms with E-state index in [2.05, 4.69) is 36.6 Å². The molecule has 4 rings (SSSR count). The van der Waals surface area contributed by atoms with Crippen LogP contribution < -0.4 is 10.6 Å². The van der Waals surface area contributed by atoms with E-state index in [1.165, 1.54) is 25.1 Å². The molecule has 0 bridgehead atoms. The van der Waals surface area contributed by atoms with Crippen LogP contribution in [-0.4, -0.2) is 58.0 Å². The first-order chi connectivity index (χ1) is 19.3. The average Bonchev–Trinajstić information content (AvgIpc) is 3.18. The van der Waals surface area contributed by atoms with Crippen LogP contribution in [0.4, 0.5) is 18.9 Å². The Balaban J connectivity index is 1.56. The average molecular weight is 631 g/mol. The van der Waals surface area contributed by atoms with E-state index in [9.17, 15) is 27.6 Å². The van der Waals surface area contributed by atoms with E-state index in [0.717, 1.165) is 11.6 Å². The van der Waals surface area contributed by atoms with Crippen molar-refractivity contribution in [2.75, 3.05) is 26.0 Å². The van der Waals surface area contributed by atoms with Gasteiger partial charge in [-0.2, -0.15) is 18.3 Å². The topological polar surface area (TPSA) is 109 Å². The Morgan fingerprint density at radius 2 is 1.73 bits per heavy atom. The van der Waals surface area contributed by atoms with E-state index in [1.54, 1.807) is 54.9 Å². The monoisotopic (exact) mass is 630 g/mol. The lowest BCUT2D eigenvalue weighted by Crippen LogP contribution is -2.36. The summed E-state index contributed by atoms with van der Waals surface area (Å²) in [5.41, 5.74) is 1.39. The minimum atomic E-state index is -4.73. The zero-order valence-electron chi connectivity index (χ0n) is 22.6. The van der Waals surface area contributed by atoms with Crippen molar-refractivity contribution in [1.29, 1.82) is 0 Å². The van der Waals surface area contributed by atoms with Gasteiger partial charge in [-0.25, -0.2) is 4.98 Å². The number of alkyl halides is 3. The fourth-order valence-electron chi connectivity index (χ4n) is 4.26. The highest BCUT2D eigenvalue weighted by Gasteiger charge is 2.34. The molecule has 2 aromatic heterocycles. The Morgan fingerprint density at radius 1 is 1.05 bits per heavy atom. The van der Waals surface area contributed by atoms with Gasteiger partial charge in [0.1, 0.15) is 5.69 Å². The molecule has 0 aliphatic rings. The molecule has 0 aliphatic carbocycles. The van der Waals surface area contributed by atoms with Crippen molar-refractivity contribution in [3.63, 3.8) is 0 Å². The standard InChI is InChI=1S/C28H26BrF3N6O3/c1-15-25(35-26(40)21-12-23(28(30,31)32)34-22-10-9-19(29)11-20(21)22)16(2)38(36-15)13-17-5-7-18(8-6-17)27(41)37(4)14-24(39)33-3/h5-12H,13-14H2,1-4H3,(H,33,39)(H,35,40). The number of nitrogens with zero attached hydrogens (tertiary/aromatic N) is 4. The number of carbonyl (C=O) groups excluding carboxylic acids is 3. The summed E-state index contributed by atoms with van der Waals surface area (Å²) in [5, 5.41) is 9.97. The highest BCUT2D eigenvalue weighted by Crippen LogP contribution is 2.32. The van der Waals surface area contributed by atoms with Gasteiger partial charge in [0.25, 0.3) is 11.8 Å². The minimum absolute atomic E-state index is 0.0408. The Morgan fingerprint density at radius 3 is 2.37 bits per heavy atom. The van der Waals surface area contributed by atoms with Crippen LogP contribution in [0.2, 0.25) is 0 Å². The maximum absolute atomic E-state index is 13.5. The molecular formula is C28H26BrF3N6O3. The van der Waals surface area contributed by atoms with Crippen LogP contribution in [0.25, 0.3) is 10.9 Å². The lowest BCUT2D eigenvalue weighted by atomic mass is 10.1. The molecule has 214 valence electrons. The van der Waals surface area contributed by atoms with Gasteiger partial charge >= 0.3 is 6.18 Å². The Labute approximate surface area is 241 Å². The number of rotatable bonds is 7. The third-order valence-electron chi connectivity index (χ3n) is 6.47. The van der Waals surface area contributed by atoms with E-state index < -0.39 is 17.8 Å². The largest absolute Gasteiger partial charge is 0.433 e. The van der Waals surface area contributed by atoms with Crippen LogP contribution in [0.1, 0.15) is 43.4 Å². The Hall–Kier alpha value is -4.26. The number of nitrogens with one attached hydrogen (secondary N) is 2. The minimum Gasteiger partial charge on any atom is -0.358 e. The van der Waals surface area contributed by atoms with Crippen LogP contribution in [0.5, 0.6) is 0 Å². The predicted molar refractivity (Wildman–Crippen MR) is 151 cm³/mol. The molecule has 0 unspecified atom stereocenters. The molecule has 0 saturated heterocycles. The first kappa shape index (κ1) is 29.7. The quantitative estimate of drug-likeness (QED) is 0.300. The number of hydrogen-bond donors (Lipinski definition) is 2. The molecule has 0 spiro atoms. The Bertz CT molecular complexity index is 1650. The number of amides is 3. The van der Waals surface area contributed by atoms with Gasteiger partial charge in [0.2, 0.25) is 5.91 Å². The molecule has 4 aromatic rings. The van der Waals surface area contributed by atoms with E-state index >= 15 is 0 Å². The lowest BCUT2D eigenvalue weighted by Gasteiger charge is -2.16. The van der Waals surface area contributed by atoms with Crippen molar-refractivity contribution in [2.24, 2.45) is 0 Å². The molecule has 2 N–H and O–H groups in total. The number of fused-ring (bicyclic) bond motifs is 1. The number of pyridine rings is 1. The number of aryl methyl sites for hydroxylation is 1. The summed E-state index contributed by atoms with van der Waals surface area (Å²) in [6.07, 6.45) is -4.73. The number of aromatic nitrogens is 3. The van der Waals surface area contributed by atoms with Crippen LogP contribution in [0.15, 0.2) is 53.0 Å². The summed E-state index contributed by atoms with van der Waals surface area (Å²) in [6, 6.07) is 12.1. The molecule has 0 radical (unpaired) electrons. The maximum Gasteiger partial charge on any atom is 0.433 e. The first-order valence-corrected chi connectivity index (χ1v) is 13.2. The molecule has 0 saturated carbocycles. The highest BCUT2D eigenvalue weighted by molar-refractivity contribution is 9.10. The van der Waals surface area contributed by atoms with Gasteiger partial charge in [0.15, 0.2) is 0 Å². The Kier molecular flexibility index (Phi) is 8.47. The second-order valence-corrected chi connectivity index (χ2v) is 10.3. The number of benzene rings is 2. The van der Waals surface area contributed by atoms with Crippen molar-refractivity contribution in [2.45, 2.75) is 26.6 Å². The molecule has 13 heteroatoms. The summed E-state index contributed by atoms with van der Waals surface area (Å²) in [7, 11) is 3.03. The molecule has 2 aromatic carbocycles. The summed E-state index contributed by atoms with van der Waals surface area (Å²) < 4.78 is 42.8. The zero-order chi connectivity index (χ0) is 30.1. The number of likely N-dealkylation sites (N-methyl/N-ethyl adjacent to an activating group) is 2. The molecule has 0 atom stereocenters. The molecule has 0 aliphatic heterocycles. The molecule has 9 nitrogen and oxygen atoms in total. The van der Waals surface area contributed by atoms with Crippen LogP contribution >= 0.6 is 15.9 Å². The third-order valence-corrected chi connectivity index (χ3v) is 6.96. The van der Waals surface area contributed by atoms with Crippen LogP contribution in [0, 0.1) is 13.8 Å². The molecular weight excluding hydrogens is 605 g/mol. The van der Waals surface area contributed by atoms with Crippen LogP contribution in [-0.2, 0) is 17.5 Å². The SMILES string of the molecule is CNC(=O)CN(C)C(=O)c1ccc(Cn2nc(C)c(NC(=O)c3cc(C(F)(F)F)nc4ccc(Br)cc34)c2C)cc1. The fraction of sp³-hybridized carbons (Fsp3) is 0.250. The molecule has 41 heavy (non-hydrogen) atoms. The van der Waals surface area contributed by atoms with Crippen molar-refractivity contribution in [3.8, 4) is 0 Å². The van der Waals surface area contributed by atoms with Gasteiger partial charge in [0.05, 0.1) is 41.2 Å². The summed E-state index contributed by atoms with van der Waals surface area (Å²) in [6.45, 7) is 3.67. The van der Waals surface area contributed by atoms with Crippen molar-refractivity contribution in [1.82, 2.24) is 25.0 Å². The number of carbonyl (C=O) groups is 3. The summed E-state index contributed by atoms with van der Waals surface area (Å²) in [5.74, 6) is -1.31. The van der Waals surface area contributed by atoms with Crippen molar-refractivity contribution < 1.29 is 27.6 Å². The predicted octanol–water partition coefficient (Wildman–Crippen LogP) is 4.95. The maximum atomic E-state index is 13.5. The van der Waals surface area contributed by atoms with Crippen molar-refractivity contribution in [3.05, 3.63) is 86.8 Å². The summed E-state index contributed by atoms with van der Waals surface area (Å²) in [4.78, 5) is 42.5. The van der Waals surface area contributed by atoms with E-state index in [-0.39, 0.29) is 34.8 Å². The van der Waals surface area contributed by atoms with E-state index in [0.29, 0.717) is 33.7 Å². The molecule has 2 heterocycles. The van der Waals surface area contributed by atoms with Gasteiger partial charge < -0.3 is 15.5 Å². The lowest BCUT2D eigenvalue weighted by molar-refractivity contribution is -0.141. The number of halogens is 4. The fourth-order valence-corrected chi connectivity index (χ4v) is 4.62. The highest BCUT2D eigenvalue weighted by atomic mass is 79.9. The third kappa shape index (κ3) is 6.56. The van der Waals surface area contributed by atoms with Gasteiger partial charge in [0, 0.05) is 29.5 Å². The van der Waals surface area contributed by atoms with Crippen molar-refractivity contribution >= 4 is 50.2 Å². The van der Waals surface area contributed by atoms with Gasteiger partial charge in [-0.15, -0.1) is 0 Å². The smallest absolute Gasteiger partial charge is 0.358 e. The summed E-state index contributed by atoms with van der Waals surface area (Å²) >= 11 is 3.30. The number of anilines is 1. The number of hydrogen-bond acceptors (Lipinski definition) is 5.